The molecule has 3 heteroatoms. The summed E-state index contributed by atoms with van der Waals surface area (Å²) in [6.45, 7) is 4.50. The molecule has 0 bridgehead atoms. The molecule has 2 aliphatic rings. The molecule has 0 spiro atoms. The lowest BCUT2D eigenvalue weighted by atomic mass is 10.0. The van der Waals surface area contributed by atoms with Crippen LogP contribution in [0.3, 0.4) is 0 Å². The van der Waals surface area contributed by atoms with E-state index in [0.29, 0.717) is 6.79 Å². The summed E-state index contributed by atoms with van der Waals surface area (Å²) in [5.41, 5.74) is 1.15. The van der Waals surface area contributed by atoms with Crippen LogP contribution < -0.4 is 9.47 Å². The van der Waals surface area contributed by atoms with Crippen LogP contribution in [0.2, 0.25) is 0 Å². The van der Waals surface area contributed by atoms with E-state index in [1.807, 2.05) is 18.2 Å². The van der Waals surface area contributed by atoms with Crippen LogP contribution >= 0.6 is 0 Å². The molecule has 0 N–H and O–H groups in total. The second-order valence-electron chi connectivity index (χ2n) is 4.21. The van der Waals surface area contributed by atoms with Gasteiger partial charge in [0, 0.05) is 0 Å². The highest BCUT2D eigenvalue weighted by Gasteiger charge is 2.49. The molecular weight excluding hydrogens is 180 g/mol. The molecule has 0 aromatic heterocycles. The number of rotatable bonds is 1. The average molecular weight is 192 g/mol. The average Bonchev–Trinajstić information content (AvgIpc) is 2.63. The molecule has 74 valence electrons. The smallest absolute Gasteiger partial charge is 0.231 e. The summed E-state index contributed by atoms with van der Waals surface area (Å²) in [5, 5.41) is 0. The second-order valence-corrected chi connectivity index (χ2v) is 4.21. The second kappa shape index (κ2) is 2.42. The lowest BCUT2D eigenvalue weighted by Crippen LogP contribution is -1.97. The summed E-state index contributed by atoms with van der Waals surface area (Å²) in [6.07, 6.45) is 0.206. The van der Waals surface area contributed by atoms with Crippen molar-refractivity contribution in [1.82, 2.24) is 0 Å². The predicted molar refractivity (Wildman–Crippen MR) is 50.5 cm³/mol. The Labute approximate surface area is 82.6 Å². The van der Waals surface area contributed by atoms with Crippen LogP contribution in [0.1, 0.15) is 25.5 Å². The first kappa shape index (κ1) is 8.12. The Morgan fingerprint density at radius 2 is 1.93 bits per heavy atom. The van der Waals surface area contributed by atoms with E-state index in [9.17, 15) is 0 Å². The van der Waals surface area contributed by atoms with Gasteiger partial charge < -0.3 is 14.2 Å². The summed E-state index contributed by atoms with van der Waals surface area (Å²) in [6, 6.07) is 5.98. The third kappa shape index (κ3) is 1.09. The van der Waals surface area contributed by atoms with Crippen LogP contribution in [-0.2, 0) is 4.74 Å². The molecule has 0 aliphatic carbocycles. The van der Waals surface area contributed by atoms with Gasteiger partial charge in [0.15, 0.2) is 11.5 Å². The van der Waals surface area contributed by atoms with Crippen molar-refractivity contribution in [2.75, 3.05) is 6.79 Å². The Bertz CT molecular complexity index is 384. The Kier molecular flexibility index (Phi) is 1.40. The molecule has 1 unspecified atom stereocenters. The lowest BCUT2D eigenvalue weighted by Gasteiger charge is -2.00. The Balaban J connectivity index is 1.94. The molecule has 1 saturated heterocycles. The zero-order valence-electron chi connectivity index (χ0n) is 8.24. The summed E-state index contributed by atoms with van der Waals surface area (Å²) >= 11 is 0. The Morgan fingerprint density at radius 1 is 1.21 bits per heavy atom. The molecule has 1 fully saturated rings. The van der Waals surface area contributed by atoms with E-state index >= 15 is 0 Å². The van der Waals surface area contributed by atoms with Crippen molar-refractivity contribution >= 4 is 0 Å². The maximum absolute atomic E-state index is 5.55. The van der Waals surface area contributed by atoms with Gasteiger partial charge in [0.1, 0.15) is 6.10 Å². The number of benzene rings is 1. The predicted octanol–water partition coefficient (Wildman–Crippen LogP) is 2.27. The number of ether oxygens (including phenoxy) is 3. The van der Waals surface area contributed by atoms with Crippen LogP contribution in [0.25, 0.3) is 0 Å². The zero-order valence-corrected chi connectivity index (χ0v) is 8.24. The van der Waals surface area contributed by atoms with Crippen molar-refractivity contribution < 1.29 is 14.2 Å². The topological polar surface area (TPSA) is 31.0 Å². The first-order valence-electron chi connectivity index (χ1n) is 4.74. The van der Waals surface area contributed by atoms with Crippen LogP contribution in [0, 0.1) is 0 Å². The van der Waals surface area contributed by atoms with Gasteiger partial charge in [0.05, 0.1) is 5.60 Å². The fourth-order valence-electron chi connectivity index (χ4n) is 1.82. The van der Waals surface area contributed by atoms with Gasteiger partial charge in [0.25, 0.3) is 0 Å². The zero-order chi connectivity index (χ0) is 9.76. The molecule has 0 saturated carbocycles. The fraction of sp³-hybridized carbons (Fsp3) is 0.455. The summed E-state index contributed by atoms with van der Waals surface area (Å²) in [7, 11) is 0. The summed E-state index contributed by atoms with van der Waals surface area (Å²) in [5.74, 6) is 1.65. The van der Waals surface area contributed by atoms with Gasteiger partial charge in [0.2, 0.25) is 6.79 Å². The highest BCUT2D eigenvalue weighted by molar-refractivity contribution is 5.46. The minimum Gasteiger partial charge on any atom is -0.454 e. The van der Waals surface area contributed by atoms with Crippen molar-refractivity contribution in [3.8, 4) is 11.5 Å². The van der Waals surface area contributed by atoms with E-state index in [-0.39, 0.29) is 11.7 Å². The maximum Gasteiger partial charge on any atom is 0.231 e. The van der Waals surface area contributed by atoms with Gasteiger partial charge in [-0.15, -0.1) is 0 Å². The van der Waals surface area contributed by atoms with Crippen molar-refractivity contribution in [3.63, 3.8) is 0 Å². The number of fused-ring (bicyclic) bond motifs is 1. The van der Waals surface area contributed by atoms with Crippen molar-refractivity contribution in [2.45, 2.75) is 25.6 Å². The number of hydrogen-bond donors (Lipinski definition) is 0. The van der Waals surface area contributed by atoms with Crippen LogP contribution in [0.5, 0.6) is 11.5 Å². The fourth-order valence-corrected chi connectivity index (χ4v) is 1.82. The highest BCUT2D eigenvalue weighted by atomic mass is 16.7. The van der Waals surface area contributed by atoms with Crippen LogP contribution in [-0.4, -0.2) is 12.4 Å². The molecule has 3 nitrogen and oxygen atoms in total. The third-order valence-corrected chi connectivity index (χ3v) is 2.70. The van der Waals surface area contributed by atoms with Crippen LogP contribution in [0.15, 0.2) is 18.2 Å². The lowest BCUT2D eigenvalue weighted by molar-refractivity contribution is 0.174. The molecular formula is C11H12O3. The van der Waals surface area contributed by atoms with E-state index in [0.717, 1.165) is 11.5 Å². The van der Waals surface area contributed by atoms with Gasteiger partial charge in [-0.2, -0.15) is 0 Å². The van der Waals surface area contributed by atoms with Gasteiger partial charge in [-0.25, -0.2) is 0 Å². The SMILES string of the molecule is CC1(C)OC1c1ccc2c(c1)OCO2. The molecule has 2 aliphatic heterocycles. The molecule has 1 aromatic rings. The monoisotopic (exact) mass is 192 g/mol. The van der Waals surface area contributed by atoms with Gasteiger partial charge in [-0.1, -0.05) is 6.07 Å². The van der Waals surface area contributed by atoms with Gasteiger partial charge in [-0.05, 0) is 31.5 Å². The quantitative estimate of drug-likeness (QED) is 0.639. The first-order chi connectivity index (χ1) is 6.67. The summed E-state index contributed by atoms with van der Waals surface area (Å²) in [4.78, 5) is 0. The molecule has 1 aromatic carbocycles. The molecule has 2 heterocycles. The normalized spacial score (nSPS) is 26.3. The molecule has 1 atom stereocenters. The van der Waals surface area contributed by atoms with Crippen molar-refractivity contribution in [3.05, 3.63) is 23.8 Å². The standard InChI is InChI=1S/C11H12O3/c1-11(2)10(14-11)7-3-4-8-9(5-7)13-6-12-8/h3-5,10H,6H2,1-2H3. The third-order valence-electron chi connectivity index (χ3n) is 2.70. The number of epoxide rings is 1. The van der Waals surface area contributed by atoms with Gasteiger partial charge >= 0.3 is 0 Å². The number of hydrogen-bond acceptors (Lipinski definition) is 3. The minimum atomic E-state index is -0.0201. The molecule has 3 rings (SSSR count). The maximum atomic E-state index is 5.55. The molecule has 0 radical (unpaired) electrons. The minimum absolute atomic E-state index is 0.0201. The van der Waals surface area contributed by atoms with Gasteiger partial charge in [-0.3, -0.25) is 0 Å². The van der Waals surface area contributed by atoms with Crippen molar-refractivity contribution in [2.24, 2.45) is 0 Å². The van der Waals surface area contributed by atoms with E-state index in [2.05, 4.69) is 13.8 Å². The largest absolute Gasteiger partial charge is 0.454 e. The van der Waals surface area contributed by atoms with E-state index < -0.39 is 0 Å². The van der Waals surface area contributed by atoms with E-state index in [4.69, 9.17) is 14.2 Å². The first-order valence-corrected chi connectivity index (χ1v) is 4.74. The molecule has 14 heavy (non-hydrogen) atoms. The van der Waals surface area contributed by atoms with Crippen molar-refractivity contribution in [1.29, 1.82) is 0 Å². The Morgan fingerprint density at radius 3 is 2.64 bits per heavy atom. The highest BCUT2D eigenvalue weighted by Crippen LogP contribution is 2.50. The molecule has 0 amide bonds. The van der Waals surface area contributed by atoms with E-state index in [1.54, 1.807) is 0 Å². The van der Waals surface area contributed by atoms with Crippen LogP contribution in [0.4, 0.5) is 0 Å². The Hall–Kier alpha value is -1.22. The van der Waals surface area contributed by atoms with E-state index in [1.165, 1.54) is 5.56 Å². The summed E-state index contributed by atoms with van der Waals surface area (Å²) < 4.78 is 16.1.